The second kappa shape index (κ2) is 11.5. The summed E-state index contributed by atoms with van der Waals surface area (Å²) < 4.78 is 5.67. The van der Waals surface area contributed by atoms with Crippen LogP contribution in [0, 0.1) is 0 Å². The van der Waals surface area contributed by atoms with Crippen molar-refractivity contribution in [3.05, 3.63) is 65.5 Å². The van der Waals surface area contributed by atoms with Crippen molar-refractivity contribution in [2.75, 3.05) is 0 Å². The molecule has 1 aromatic heterocycles. The van der Waals surface area contributed by atoms with Gasteiger partial charge in [-0.2, -0.15) is 0 Å². The minimum Gasteiger partial charge on any atom is -0.454 e. The Kier molecular flexibility index (Phi) is 8.88. The number of pyridine rings is 1. The van der Waals surface area contributed by atoms with Gasteiger partial charge in [-0.3, -0.25) is 4.98 Å². The van der Waals surface area contributed by atoms with Gasteiger partial charge in [0.05, 0.1) is 5.56 Å². The van der Waals surface area contributed by atoms with E-state index in [4.69, 9.17) is 4.74 Å². The van der Waals surface area contributed by atoms with E-state index in [2.05, 4.69) is 11.9 Å². The number of benzene rings is 1. The SMILES string of the molecule is CCCCCCCCc1ccc(C(=O)OC(CC)c2ccccc2)cn1. The maximum absolute atomic E-state index is 12.4. The van der Waals surface area contributed by atoms with E-state index < -0.39 is 0 Å². The van der Waals surface area contributed by atoms with E-state index in [-0.39, 0.29) is 12.1 Å². The molecule has 1 heterocycles. The van der Waals surface area contributed by atoms with Crippen LogP contribution in [0.3, 0.4) is 0 Å². The van der Waals surface area contributed by atoms with Crippen LogP contribution >= 0.6 is 0 Å². The Morgan fingerprint density at radius 1 is 0.962 bits per heavy atom. The van der Waals surface area contributed by atoms with E-state index in [0.717, 1.165) is 30.5 Å². The van der Waals surface area contributed by atoms with Gasteiger partial charge in [-0.1, -0.05) is 76.3 Å². The lowest BCUT2D eigenvalue weighted by Gasteiger charge is -2.16. The molecule has 0 N–H and O–H groups in total. The van der Waals surface area contributed by atoms with Crippen LogP contribution in [0.5, 0.6) is 0 Å². The molecule has 140 valence electrons. The van der Waals surface area contributed by atoms with Crippen LogP contribution in [-0.2, 0) is 11.2 Å². The molecule has 2 aromatic rings. The Labute approximate surface area is 157 Å². The number of rotatable bonds is 11. The quantitative estimate of drug-likeness (QED) is 0.352. The molecule has 0 bridgehead atoms. The third-order valence-corrected chi connectivity index (χ3v) is 4.64. The lowest BCUT2D eigenvalue weighted by atomic mass is 10.1. The lowest BCUT2D eigenvalue weighted by Crippen LogP contribution is -2.11. The fourth-order valence-corrected chi connectivity index (χ4v) is 3.03. The zero-order chi connectivity index (χ0) is 18.6. The molecule has 2 rings (SSSR count). The molecule has 0 radical (unpaired) electrons. The largest absolute Gasteiger partial charge is 0.454 e. The normalized spacial score (nSPS) is 11.9. The van der Waals surface area contributed by atoms with E-state index in [1.165, 1.54) is 32.1 Å². The molecule has 0 aliphatic carbocycles. The molecule has 3 heteroatoms. The molecule has 0 aliphatic heterocycles. The topological polar surface area (TPSA) is 39.2 Å². The third kappa shape index (κ3) is 6.62. The van der Waals surface area contributed by atoms with Gasteiger partial charge in [0.1, 0.15) is 6.10 Å². The average molecular weight is 354 g/mol. The summed E-state index contributed by atoms with van der Waals surface area (Å²) in [4.78, 5) is 16.8. The second-order valence-electron chi connectivity index (χ2n) is 6.77. The number of nitrogens with zero attached hydrogens (tertiary/aromatic N) is 1. The number of carbonyl (C=O) groups is 1. The predicted octanol–water partition coefficient (Wildman–Crippen LogP) is 6.29. The summed E-state index contributed by atoms with van der Waals surface area (Å²) >= 11 is 0. The molecule has 0 fully saturated rings. The fourth-order valence-electron chi connectivity index (χ4n) is 3.03. The molecule has 0 saturated carbocycles. The third-order valence-electron chi connectivity index (χ3n) is 4.64. The first-order valence-electron chi connectivity index (χ1n) is 9.95. The van der Waals surface area contributed by atoms with Gasteiger partial charge in [0.2, 0.25) is 0 Å². The van der Waals surface area contributed by atoms with Gasteiger partial charge in [-0.25, -0.2) is 4.79 Å². The summed E-state index contributed by atoms with van der Waals surface area (Å²) in [6, 6.07) is 13.7. The van der Waals surface area contributed by atoms with Crippen molar-refractivity contribution in [2.24, 2.45) is 0 Å². The van der Waals surface area contributed by atoms with Crippen molar-refractivity contribution < 1.29 is 9.53 Å². The number of ether oxygens (including phenoxy) is 1. The van der Waals surface area contributed by atoms with Crippen LogP contribution in [0.25, 0.3) is 0 Å². The summed E-state index contributed by atoms with van der Waals surface area (Å²) in [6.07, 6.45) is 10.8. The zero-order valence-corrected chi connectivity index (χ0v) is 16.1. The van der Waals surface area contributed by atoms with Crippen LogP contribution in [0.1, 0.15) is 86.5 Å². The van der Waals surface area contributed by atoms with Crippen LogP contribution in [-0.4, -0.2) is 11.0 Å². The van der Waals surface area contributed by atoms with Crippen molar-refractivity contribution in [2.45, 2.75) is 71.3 Å². The Morgan fingerprint density at radius 3 is 2.35 bits per heavy atom. The van der Waals surface area contributed by atoms with Gasteiger partial charge in [0.25, 0.3) is 0 Å². The standard InChI is InChI=1S/C23H31NO2/c1-3-5-6-7-8-12-15-21-17-16-20(18-24-21)23(25)26-22(4-2)19-13-10-9-11-14-19/h9-11,13-14,16-18,22H,3-8,12,15H2,1-2H3. The zero-order valence-electron chi connectivity index (χ0n) is 16.1. The number of hydrogen-bond donors (Lipinski definition) is 0. The molecule has 26 heavy (non-hydrogen) atoms. The van der Waals surface area contributed by atoms with E-state index >= 15 is 0 Å². The van der Waals surface area contributed by atoms with Gasteiger partial charge in [0, 0.05) is 11.9 Å². The number of carbonyl (C=O) groups excluding carboxylic acids is 1. The van der Waals surface area contributed by atoms with Gasteiger partial charge in [-0.15, -0.1) is 0 Å². The van der Waals surface area contributed by atoms with E-state index in [1.807, 2.05) is 49.4 Å². The average Bonchev–Trinajstić information content (AvgIpc) is 2.69. The van der Waals surface area contributed by atoms with E-state index in [9.17, 15) is 4.79 Å². The first-order chi connectivity index (χ1) is 12.7. The predicted molar refractivity (Wildman–Crippen MR) is 106 cm³/mol. The fraction of sp³-hybridized carbons (Fsp3) is 0.478. The molecule has 1 atom stereocenters. The van der Waals surface area contributed by atoms with Crippen molar-refractivity contribution in [3.63, 3.8) is 0 Å². The highest BCUT2D eigenvalue weighted by atomic mass is 16.5. The lowest BCUT2D eigenvalue weighted by molar-refractivity contribution is 0.0287. The summed E-state index contributed by atoms with van der Waals surface area (Å²) in [6.45, 7) is 4.26. The van der Waals surface area contributed by atoms with Crippen molar-refractivity contribution in [1.29, 1.82) is 0 Å². The Hall–Kier alpha value is -2.16. The van der Waals surface area contributed by atoms with Crippen LogP contribution in [0.4, 0.5) is 0 Å². The highest BCUT2D eigenvalue weighted by Gasteiger charge is 2.16. The monoisotopic (exact) mass is 353 g/mol. The second-order valence-corrected chi connectivity index (χ2v) is 6.77. The summed E-state index contributed by atoms with van der Waals surface area (Å²) in [7, 11) is 0. The molecular weight excluding hydrogens is 322 g/mol. The van der Waals surface area contributed by atoms with Gasteiger partial charge < -0.3 is 4.74 Å². The van der Waals surface area contributed by atoms with Crippen molar-refractivity contribution in [3.8, 4) is 0 Å². The van der Waals surface area contributed by atoms with E-state index in [1.54, 1.807) is 6.20 Å². The first-order valence-corrected chi connectivity index (χ1v) is 9.95. The number of aryl methyl sites for hydroxylation is 1. The molecule has 0 saturated heterocycles. The Morgan fingerprint density at radius 2 is 1.69 bits per heavy atom. The maximum Gasteiger partial charge on any atom is 0.340 e. The van der Waals surface area contributed by atoms with Gasteiger partial charge in [0.15, 0.2) is 0 Å². The molecule has 3 nitrogen and oxygen atoms in total. The van der Waals surface area contributed by atoms with Gasteiger partial charge in [-0.05, 0) is 37.0 Å². The minimum atomic E-state index is -0.306. The van der Waals surface area contributed by atoms with Crippen LogP contribution in [0.2, 0.25) is 0 Å². The summed E-state index contributed by atoms with van der Waals surface area (Å²) in [5.41, 5.74) is 2.59. The van der Waals surface area contributed by atoms with Gasteiger partial charge >= 0.3 is 5.97 Å². The number of esters is 1. The number of aromatic nitrogens is 1. The highest BCUT2D eigenvalue weighted by Crippen LogP contribution is 2.22. The molecular formula is C23H31NO2. The van der Waals surface area contributed by atoms with E-state index in [0.29, 0.717) is 5.56 Å². The molecule has 1 aromatic carbocycles. The molecule has 0 aliphatic rings. The van der Waals surface area contributed by atoms with Crippen molar-refractivity contribution in [1.82, 2.24) is 4.98 Å². The molecule has 1 unspecified atom stereocenters. The Balaban J connectivity index is 1.82. The smallest absolute Gasteiger partial charge is 0.340 e. The number of hydrogen-bond acceptors (Lipinski definition) is 3. The first kappa shape index (κ1) is 20.2. The number of unbranched alkanes of at least 4 members (excludes halogenated alkanes) is 5. The maximum atomic E-state index is 12.4. The summed E-state index contributed by atoms with van der Waals surface area (Å²) in [5, 5.41) is 0. The minimum absolute atomic E-state index is 0.216. The summed E-state index contributed by atoms with van der Waals surface area (Å²) in [5.74, 6) is -0.306. The van der Waals surface area contributed by atoms with Crippen molar-refractivity contribution >= 4 is 5.97 Å². The Bertz CT molecular complexity index is 637. The molecule has 0 amide bonds. The van der Waals surface area contributed by atoms with Crippen LogP contribution < -0.4 is 0 Å². The highest BCUT2D eigenvalue weighted by molar-refractivity contribution is 5.89. The molecule has 0 spiro atoms. The van der Waals surface area contributed by atoms with Crippen LogP contribution in [0.15, 0.2) is 48.7 Å².